The molecule has 19 heavy (non-hydrogen) atoms. The van der Waals surface area contributed by atoms with E-state index in [9.17, 15) is 4.79 Å². The molecule has 1 N–H and O–H groups in total. The molecule has 0 spiro atoms. The van der Waals surface area contributed by atoms with Crippen molar-refractivity contribution in [3.63, 3.8) is 0 Å². The average Bonchev–Trinajstić information content (AvgIpc) is 2.45. The van der Waals surface area contributed by atoms with E-state index in [1.54, 1.807) is 0 Å². The normalized spacial score (nSPS) is 20.4. The van der Waals surface area contributed by atoms with E-state index in [1.807, 2.05) is 24.3 Å². The Hall–Kier alpha value is -0.750. The van der Waals surface area contributed by atoms with Gasteiger partial charge in [0.25, 0.3) is 0 Å². The lowest BCUT2D eigenvalue weighted by Gasteiger charge is -2.31. The molecule has 1 unspecified atom stereocenters. The molecule has 5 heteroatoms. The number of aliphatic hydroxyl groups excluding tert-OH is 1. The van der Waals surface area contributed by atoms with Gasteiger partial charge in [0.1, 0.15) is 0 Å². The lowest BCUT2D eigenvalue weighted by Crippen LogP contribution is -2.44. The van der Waals surface area contributed by atoms with E-state index in [0.717, 1.165) is 16.6 Å². The zero-order chi connectivity index (χ0) is 13.7. The van der Waals surface area contributed by atoms with Crippen LogP contribution in [0.15, 0.2) is 28.7 Å². The number of ketones is 1. The van der Waals surface area contributed by atoms with E-state index in [1.165, 1.54) is 0 Å². The number of benzene rings is 1. The van der Waals surface area contributed by atoms with Gasteiger partial charge >= 0.3 is 0 Å². The summed E-state index contributed by atoms with van der Waals surface area (Å²) >= 11 is 3.37. The first kappa shape index (κ1) is 14.7. The number of hydrogen-bond acceptors (Lipinski definition) is 4. The molecule has 1 atom stereocenters. The van der Waals surface area contributed by atoms with Crippen molar-refractivity contribution < 1.29 is 14.6 Å². The summed E-state index contributed by atoms with van der Waals surface area (Å²) in [7, 11) is 0. The molecule has 0 radical (unpaired) electrons. The molecule has 0 aliphatic carbocycles. The van der Waals surface area contributed by atoms with Crippen LogP contribution in [0.3, 0.4) is 0 Å². The smallest absolute Gasteiger partial charge is 0.164 e. The fourth-order valence-corrected chi connectivity index (χ4v) is 2.56. The molecule has 1 aliphatic heterocycles. The SMILES string of the molecule is O=C(CCN1CCOC(CO)C1)c1cccc(Br)c1. The summed E-state index contributed by atoms with van der Waals surface area (Å²) in [4.78, 5) is 14.2. The molecular formula is C14H18BrNO3. The van der Waals surface area contributed by atoms with Crippen molar-refractivity contribution in [2.45, 2.75) is 12.5 Å². The summed E-state index contributed by atoms with van der Waals surface area (Å²) in [5.41, 5.74) is 0.737. The highest BCUT2D eigenvalue weighted by Gasteiger charge is 2.20. The summed E-state index contributed by atoms with van der Waals surface area (Å²) in [6.07, 6.45) is 0.379. The molecule has 0 amide bonds. The Labute approximate surface area is 121 Å². The van der Waals surface area contributed by atoms with Crippen LogP contribution in [0, 0.1) is 0 Å². The van der Waals surface area contributed by atoms with Crippen LogP contribution >= 0.6 is 15.9 Å². The Morgan fingerprint density at radius 3 is 3.11 bits per heavy atom. The minimum atomic E-state index is -0.116. The Kier molecular flexibility index (Phi) is 5.51. The first-order chi connectivity index (χ1) is 9.19. The molecule has 2 rings (SSSR count). The fraction of sp³-hybridized carbons (Fsp3) is 0.500. The van der Waals surface area contributed by atoms with Crippen LogP contribution in [0.5, 0.6) is 0 Å². The van der Waals surface area contributed by atoms with Gasteiger partial charge in [-0.25, -0.2) is 0 Å². The van der Waals surface area contributed by atoms with Crippen LogP contribution in [-0.4, -0.2) is 54.7 Å². The minimum absolute atomic E-state index is 0.0378. The standard InChI is InChI=1S/C14H18BrNO3/c15-12-3-1-2-11(8-12)14(18)4-5-16-6-7-19-13(9-16)10-17/h1-3,8,13,17H,4-7,9-10H2. The first-order valence-electron chi connectivity index (χ1n) is 6.42. The Bertz CT molecular complexity index is 438. The van der Waals surface area contributed by atoms with E-state index in [-0.39, 0.29) is 18.5 Å². The molecule has 1 aliphatic rings. The maximum atomic E-state index is 12.1. The van der Waals surface area contributed by atoms with Gasteiger partial charge < -0.3 is 9.84 Å². The maximum Gasteiger partial charge on any atom is 0.164 e. The third-order valence-electron chi connectivity index (χ3n) is 3.23. The van der Waals surface area contributed by atoms with Crippen LogP contribution < -0.4 is 0 Å². The number of carbonyl (C=O) groups is 1. The Morgan fingerprint density at radius 2 is 2.37 bits per heavy atom. The molecule has 1 aromatic rings. The van der Waals surface area contributed by atoms with E-state index < -0.39 is 0 Å². The van der Waals surface area contributed by atoms with Crippen molar-refractivity contribution in [2.75, 3.05) is 32.8 Å². The van der Waals surface area contributed by atoms with E-state index >= 15 is 0 Å². The van der Waals surface area contributed by atoms with Gasteiger partial charge in [0, 0.05) is 36.1 Å². The molecule has 1 aromatic carbocycles. The van der Waals surface area contributed by atoms with Gasteiger partial charge in [0.2, 0.25) is 0 Å². The van der Waals surface area contributed by atoms with Crippen LogP contribution in [0.25, 0.3) is 0 Å². The number of Topliss-reactive ketones (excluding diaryl/α,β-unsaturated/α-hetero) is 1. The summed E-state index contributed by atoms with van der Waals surface area (Å²) < 4.78 is 6.30. The number of morpholine rings is 1. The number of ether oxygens (including phenoxy) is 1. The van der Waals surface area contributed by atoms with E-state index in [2.05, 4.69) is 20.8 Å². The second kappa shape index (κ2) is 7.14. The number of hydrogen-bond donors (Lipinski definition) is 1. The Balaban J connectivity index is 1.83. The highest BCUT2D eigenvalue weighted by molar-refractivity contribution is 9.10. The van der Waals surface area contributed by atoms with Gasteiger partial charge in [0.15, 0.2) is 5.78 Å². The van der Waals surface area contributed by atoms with Crippen molar-refractivity contribution >= 4 is 21.7 Å². The van der Waals surface area contributed by atoms with Gasteiger partial charge in [-0.1, -0.05) is 28.1 Å². The molecular weight excluding hydrogens is 310 g/mol. The third kappa shape index (κ3) is 4.38. The van der Waals surface area contributed by atoms with E-state index in [0.29, 0.717) is 26.1 Å². The van der Waals surface area contributed by atoms with Crippen molar-refractivity contribution in [2.24, 2.45) is 0 Å². The summed E-state index contributed by atoms with van der Waals surface area (Å²) in [6, 6.07) is 7.46. The molecule has 0 aromatic heterocycles. The number of halogens is 1. The molecule has 1 saturated heterocycles. The topological polar surface area (TPSA) is 49.8 Å². The number of rotatable bonds is 5. The lowest BCUT2D eigenvalue weighted by molar-refractivity contribution is -0.0523. The van der Waals surface area contributed by atoms with Gasteiger partial charge in [-0.05, 0) is 12.1 Å². The highest BCUT2D eigenvalue weighted by Crippen LogP contribution is 2.14. The summed E-state index contributed by atoms with van der Waals surface area (Å²) in [6.45, 7) is 2.89. The summed E-state index contributed by atoms with van der Waals surface area (Å²) in [5, 5.41) is 9.07. The van der Waals surface area contributed by atoms with Crippen LogP contribution in [0.4, 0.5) is 0 Å². The van der Waals surface area contributed by atoms with Crippen LogP contribution in [0.1, 0.15) is 16.8 Å². The van der Waals surface area contributed by atoms with Crippen molar-refractivity contribution in [3.05, 3.63) is 34.3 Å². The fourth-order valence-electron chi connectivity index (χ4n) is 2.16. The molecule has 104 valence electrons. The second-order valence-electron chi connectivity index (χ2n) is 4.66. The molecule has 1 heterocycles. The molecule has 0 saturated carbocycles. The lowest BCUT2D eigenvalue weighted by atomic mass is 10.1. The van der Waals surface area contributed by atoms with Gasteiger partial charge in [-0.15, -0.1) is 0 Å². The molecule has 1 fully saturated rings. The molecule has 4 nitrogen and oxygen atoms in total. The predicted molar refractivity (Wildman–Crippen MR) is 76.4 cm³/mol. The largest absolute Gasteiger partial charge is 0.394 e. The monoisotopic (exact) mass is 327 g/mol. The van der Waals surface area contributed by atoms with Gasteiger partial charge in [0.05, 0.1) is 19.3 Å². The van der Waals surface area contributed by atoms with E-state index in [4.69, 9.17) is 9.84 Å². The second-order valence-corrected chi connectivity index (χ2v) is 5.58. The first-order valence-corrected chi connectivity index (χ1v) is 7.22. The zero-order valence-electron chi connectivity index (χ0n) is 10.7. The van der Waals surface area contributed by atoms with Gasteiger partial charge in [-0.3, -0.25) is 9.69 Å². The number of aliphatic hydroxyl groups is 1. The van der Waals surface area contributed by atoms with Crippen LogP contribution in [-0.2, 0) is 4.74 Å². The van der Waals surface area contributed by atoms with Crippen molar-refractivity contribution in [3.8, 4) is 0 Å². The van der Waals surface area contributed by atoms with Crippen molar-refractivity contribution in [1.29, 1.82) is 0 Å². The zero-order valence-corrected chi connectivity index (χ0v) is 12.3. The quantitative estimate of drug-likeness (QED) is 0.836. The molecule has 0 bridgehead atoms. The number of carbonyl (C=O) groups excluding carboxylic acids is 1. The number of nitrogens with zero attached hydrogens (tertiary/aromatic N) is 1. The predicted octanol–water partition coefficient (Wildman–Crippen LogP) is 1.71. The minimum Gasteiger partial charge on any atom is -0.394 e. The third-order valence-corrected chi connectivity index (χ3v) is 3.72. The average molecular weight is 328 g/mol. The van der Waals surface area contributed by atoms with Gasteiger partial charge in [-0.2, -0.15) is 0 Å². The Morgan fingerprint density at radius 1 is 1.53 bits per heavy atom. The highest BCUT2D eigenvalue weighted by atomic mass is 79.9. The van der Waals surface area contributed by atoms with Crippen LogP contribution in [0.2, 0.25) is 0 Å². The van der Waals surface area contributed by atoms with Crippen molar-refractivity contribution in [1.82, 2.24) is 4.90 Å². The maximum absolute atomic E-state index is 12.1. The summed E-state index contributed by atoms with van der Waals surface area (Å²) in [5.74, 6) is 0.147.